The second-order valence-electron chi connectivity index (χ2n) is 4.90. The number of benzene rings is 1. The molecular formula is C14H16N4O2. The Morgan fingerprint density at radius 3 is 3.00 bits per heavy atom. The third-order valence-corrected chi connectivity index (χ3v) is 3.46. The molecule has 1 aromatic heterocycles. The van der Waals surface area contributed by atoms with E-state index < -0.39 is 0 Å². The van der Waals surface area contributed by atoms with Crippen molar-refractivity contribution in [2.24, 2.45) is 0 Å². The Kier molecular flexibility index (Phi) is 3.47. The molecule has 6 heteroatoms. The Labute approximate surface area is 115 Å². The molecular weight excluding hydrogens is 256 g/mol. The topological polar surface area (TPSA) is 86.9 Å². The van der Waals surface area contributed by atoms with Gasteiger partial charge in [-0.05, 0) is 25.0 Å². The summed E-state index contributed by atoms with van der Waals surface area (Å²) in [6.07, 6.45) is 1.77. The van der Waals surface area contributed by atoms with Crippen LogP contribution in [-0.2, 0) is 11.3 Å². The van der Waals surface area contributed by atoms with Gasteiger partial charge >= 0.3 is 0 Å². The number of fused-ring (bicyclic) bond motifs is 1. The number of amides is 1. The number of H-pyrrole nitrogens is 1. The number of para-hydroxylation sites is 1. The van der Waals surface area contributed by atoms with Crippen molar-refractivity contribution >= 4 is 16.8 Å². The summed E-state index contributed by atoms with van der Waals surface area (Å²) in [5, 5.41) is 6.53. The average molecular weight is 272 g/mol. The highest BCUT2D eigenvalue weighted by Gasteiger charge is 2.21. The van der Waals surface area contributed by atoms with Crippen LogP contribution in [0.3, 0.4) is 0 Å². The molecule has 1 unspecified atom stereocenters. The van der Waals surface area contributed by atoms with Gasteiger partial charge in [-0.15, -0.1) is 0 Å². The number of rotatable bonds is 3. The zero-order valence-electron chi connectivity index (χ0n) is 11.0. The molecule has 1 atom stereocenters. The number of hydrogen-bond donors (Lipinski definition) is 3. The lowest BCUT2D eigenvalue weighted by Gasteiger charge is -2.22. The normalized spacial score (nSPS) is 19.0. The summed E-state index contributed by atoms with van der Waals surface area (Å²) in [7, 11) is 0. The maximum atomic E-state index is 11.9. The van der Waals surface area contributed by atoms with Crippen molar-refractivity contribution in [2.45, 2.75) is 25.4 Å². The standard InChI is InChI=1S/C14H16N4O2/c19-13-9-4-1-2-5-10(9)17-12(18-13)8-16-11-6-3-7-15-14(11)20/h1-2,4-5,11,16H,3,6-8H2,(H,15,20)(H,17,18,19). The van der Waals surface area contributed by atoms with Crippen LogP contribution in [0.25, 0.3) is 10.9 Å². The summed E-state index contributed by atoms with van der Waals surface area (Å²) in [4.78, 5) is 30.7. The zero-order valence-corrected chi connectivity index (χ0v) is 11.0. The number of aromatic nitrogens is 2. The maximum Gasteiger partial charge on any atom is 0.258 e. The highest BCUT2D eigenvalue weighted by Crippen LogP contribution is 2.07. The first-order valence-electron chi connectivity index (χ1n) is 6.73. The van der Waals surface area contributed by atoms with E-state index in [0.29, 0.717) is 23.3 Å². The van der Waals surface area contributed by atoms with Crippen molar-refractivity contribution in [1.29, 1.82) is 0 Å². The summed E-state index contributed by atoms with van der Waals surface area (Å²) in [6.45, 7) is 1.11. The molecule has 104 valence electrons. The van der Waals surface area contributed by atoms with Crippen molar-refractivity contribution in [2.75, 3.05) is 6.54 Å². The fraction of sp³-hybridized carbons (Fsp3) is 0.357. The lowest BCUT2D eigenvalue weighted by Crippen LogP contribution is -2.48. The van der Waals surface area contributed by atoms with Gasteiger partial charge in [0, 0.05) is 6.54 Å². The Morgan fingerprint density at radius 1 is 1.30 bits per heavy atom. The van der Waals surface area contributed by atoms with Crippen molar-refractivity contribution in [3.63, 3.8) is 0 Å². The van der Waals surface area contributed by atoms with E-state index in [1.165, 1.54) is 0 Å². The summed E-state index contributed by atoms with van der Waals surface area (Å²) in [6, 6.07) is 7.00. The maximum absolute atomic E-state index is 11.9. The van der Waals surface area contributed by atoms with Crippen molar-refractivity contribution in [3.8, 4) is 0 Å². The van der Waals surface area contributed by atoms with Crippen LogP contribution in [0, 0.1) is 0 Å². The number of aromatic amines is 1. The summed E-state index contributed by atoms with van der Waals surface area (Å²) < 4.78 is 0. The van der Waals surface area contributed by atoms with Gasteiger partial charge in [0.15, 0.2) is 0 Å². The van der Waals surface area contributed by atoms with Crippen LogP contribution < -0.4 is 16.2 Å². The smallest absolute Gasteiger partial charge is 0.258 e. The van der Waals surface area contributed by atoms with E-state index in [2.05, 4.69) is 20.6 Å². The number of hydrogen-bond acceptors (Lipinski definition) is 4. The fourth-order valence-corrected chi connectivity index (χ4v) is 2.41. The predicted molar refractivity (Wildman–Crippen MR) is 75.2 cm³/mol. The highest BCUT2D eigenvalue weighted by atomic mass is 16.2. The van der Waals surface area contributed by atoms with Gasteiger partial charge in [-0.25, -0.2) is 4.98 Å². The van der Waals surface area contributed by atoms with Crippen LogP contribution in [0.1, 0.15) is 18.7 Å². The van der Waals surface area contributed by atoms with Crippen molar-refractivity contribution < 1.29 is 4.79 Å². The van der Waals surface area contributed by atoms with Crippen LogP contribution in [-0.4, -0.2) is 28.5 Å². The molecule has 1 saturated heterocycles. The van der Waals surface area contributed by atoms with Gasteiger partial charge in [0.2, 0.25) is 5.91 Å². The number of piperidine rings is 1. The van der Waals surface area contributed by atoms with Gasteiger partial charge in [0.25, 0.3) is 5.56 Å². The molecule has 0 radical (unpaired) electrons. The monoisotopic (exact) mass is 272 g/mol. The first-order chi connectivity index (χ1) is 9.74. The first-order valence-corrected chi connectivity index (χ1v) is 6.73. The lowest BCUT2D eigenvalue weighted by molar-refractivity contribution is -0.124. The van der Waals surface area contributed by atoms with E-state index in [0.717, 1.165) is 19.4 Å². The molecule has 2 aromatic rings. The fourth-order valence-electron chi connectivity index (χ4n) is 2.41. The van der Waals surface area contributed by atoms with Gasteiger partial charge in [-0.1, -0.05) is 12.1 Å². The quantitative estimate of drug-likeness (QED) is 0.749. The predicted octanol–water partition coefficient (Wildman–Crippen LogP) is 0.291. The minimum atomic E-state index is -0.208. The molecule has 6 nitrogen and oxygen atoms in total. The molecule has 3 N–H and O–H groups in total. The molecule has 2 heterocycles. The highest BCUT2D eigenvalue weighted by molar-refractivity contribution is 5.82. The van der Waals surface area contributed by atoms with E-state index in [4.69, 9.17) is 0 Å². The van der Waals surface area contributed by atoms with Gasteiger partial charge < -0.3 is 10.3 Å². The molecule has 1 fully saturated rings. The Morgan fingerprint density at radius 2 is 2.15 bits per heavy atom. The van der Waals surface area contributed by atoms with Gasteiger partial charge in [0.05, 0.1) is 23.5 Å². The number of nitrogens with one attached hydrogen (secondary N) is 3. The minimum absolute atomic E-state index is 0.0133. The second-order valence-corrected chi connectivity index (χ2v) is 4.90. The van der Waals surface area contributed by atoms with Gasteiger partial charge in [-0.3, -0.25) is 14.9 Å². The molecule has 1 amide bonds. The second kappa shape index (κ2) is 5.42. The summed E-state index contributed by atoms with van der Waals surface area (Å²) >= 11 is 0. The van der Waals surface area contributed by atoms with Gasteiger partial charge in [-0.2, -0.15) is 0 Å². The van der Waals surface area contributed by atoms with E-state index in [-0.39, 0.29) is 17.5 Å². The lowest BCUT2D eigenvalue weighted by atomic mass is 10.1. The average Bonchev–Trinajstić information content (AvgIpc) is 2.46. The van der Waals surface area contributed by atoms with Crippen molar-refractivity contribution in [1.82, 2.24) is 20.6 Å². The molecule has 20 heavy (non-hydrogen) atoms. The SMILES string of the molecule is O=C1NCCCC1NCc1nc2ccccc2c(=O)[nH]1. The molecule has 1 aliphatic rings. The van der Waals surface area contributed by atoms with Crippen LogP contribution in [0.2, 0.25) is 0 Å². The first kappa shape index (κ1) is 12.8. The van der Waals surface area contributed by atoms with E-state index >= 15 is 0 Å². The summed E-state index contributed by atoms with van der Waals surface area (Å²) in [5.74, 6) is 0.562. The van der Waals surface area contributed by atoms with Gasteiger partial charge in [0.1, 0.15) is 5.82 Å². The third-order valence-electron chi connectivity index (χ3n) is 3.46. The van der Waals surface area contributed by atoms with E-state index in [1.807, 2.05) is 12.1 Å². The van der Waals surface area contributed by atoms with E-state index in [9.17, 15) is 9.59 Å². The van der Waals surface area contributed by atoms with Crippen LogP contribution in [0.5, 0.6) is 0 Å². The number of nitrogens with zero attached hydrogens (tertiary/aromatic N) is 1. The van der Waals surface area contributed by atoms with Crippen LogP contribution >= 0.6 is 0 Å². The Balaban J connectivity index is 1.77. The largest absolute Gasteiger partial charge is 0.355 e. The molecule has 1 aromatic carbocycles. The Hall–Kier alpha value is -2.21. The van der Waals surface area contributed by atoms with Crippen molar-refractivity contribution in [3.05, 3.63) is 40.4 Å². The third kappa shape index (κ3) is 2.55. The molecule has 0 bridgehead atoms. The molecule has 1 aliphatic heterocycles. The zero-order chi connectivity index (χ0) is 13.9. The summed E-state index contributed by atoms with van der Waals surface area (Å²) in [5.41, 5.74) is 0.515. The van der Waals surface area contributed by atoms with Crippen LogP contribution in [0.15, 0.2) is 29.1 Å². The number of carbonyl (C=O) groups is 1. The number of carbonyl (C=O) groups excluding carboxylic acids is 1. The van der Waals surface area contributed by atoms with E-state index in [1.54, 1.807) is 12.1 Å². The Bertz CT molecular complexity index is 695. The van der Waals surface area contributed by atoms with Crippen LogP contribution in [0.4, 0.5) is 0 Å². The molecule has 0 aliphatic carbocycles. The molecule has 3 rings (SSSR count). The minimum Gasteiger partial charge on any atom is -0.355 e. The molecule has 0 spiro atoms. The molecule has 0 saturated carbocycles.